The minimum absolute atomic E-state index is 0.0281. The lowest BCUT2D eigenvalue weighted by molar-refractivity contribution is -0.145. The Kier molecular flexibility index (Phi) is 3.84. The number of aryl methyl sites for hydroxylation is 1. The number of carboxylic acids is 1. The second-order valence-electron chi connectivity index (χ2n) is 5.25. The van der Waals surface area contributed by atoms with Crippen LogP contribution >= 0.6 is 11.6 Å². The number of carboxylic acid groups (broad SMARTS) is 1. The number of carbonyl (C=O) groups is 1. The van der Waals surface area contributed by atoms with Crippen LogP contribution in [0.1, 0.15) is 17.2 Å². The second-order valence-corrected chi connectivity index (χ2v) is 5.65. The van der Waals surface area contributed by atoms with Crippen LogP contribution in [0.4, 0.5) is 4.39 Å². The number of hydrogen-bond donors (Lipinski definition) is 1. The van der Waals surface area contributed by atoms with Crippen molar-refractivity contribution in [3.8, 4) is 0 Å². The summed E-state index contributed by atoms with van der Waals surface area (Å²) in [6, 6.07) is 3.95. The third-order valence-corrected chi connectivity index (χ3v) is 4.14. The van der Waals surface area contributed by atoms with E-state index in [1.54, 1.807) is 28.5 Å². The fourth-order valence-electron chi connectivity index (χ4n) is 2.65. The summed E-state index contributed by atoms with van der Waals surface area (Å²) in [6.07, 6.45) is 0. The lowest BCUT2D eigenvalue weighted by Gasteiger charge is -2.33. The number of nitrogens with zero attached hydrogens (tertiary/aromatic N) is 4. The first-order chi connectivity index (χ1) is 10.5. The van der Waals surface area contributed by atoms with Gasteiger partial charge in [-0.25, -0.2) is 4.39 Å². The Morgan fingerprint density at radius 2 is 2.27 bits per heavy atom. The maximum atomic E-state index is 14.0. The van der Waals surface area contributed by atoms with Crippen molar-refractivity contribution in [2.75, 3.05) is 0 Å². The maximum absolute atomic E-state index is 14.0. The summed E-state index contributed by atoms with van der Waals surface area (Å²) in [5.41, 5.74) is 0.364. The molecule has 22 heavy (non-hydrogen) atoms. The highest BCUT2D eigenvalue weighted by atomic mass is 35.5. The molecule has 1 unspecified atom stereocenters. The van der Waals surface area contributed by atoms with Crippen molar-refractivity contribution in [3.63, 3.8) is 0 Å². The summed E-state index contributed by atoms with van der Waals surface area (Å²) in [7, 11) is 0. The number of benzene rings is 1. The van der Waals surface area contributed by atoms with Crippen molar-refractivity contribution in [3.05, 3.63) is 46.3 Å². The van der Waals surface area contributed by atoms with E-state index in [1.807, 2.05) is 0 Å². The van der Waals surface area contributed by atoms with Crippen LogP contribution in [0.25, 0.3) is 0 Å². The van der Waals surface area contributed by atoms with E-state index >= 15 is 0 Å². The molecule has 0 amide bonds. The van der Waals surface area contributed by atoms with Crippen molar-refractivity contribution >= 4 is 17.6 Å². The van der Waals surface area contributed by atoms with Gasteiger partial charge >= 0.3 is 5.97 Å². The summed E-state index contributed by atoms with van der Waals surface area (Å²) < 4.78 is 15.8. The van der Waals surface area contributed by atoms with Crippen molar-refractivity contribution in [2.45, 2.75) is 32.6 Å². The Morgan fingerprint density at radius 3 is 3.00 bits per heavy atom. The zero-order valence-corrected chi connectivity index (χ0v) is 12.6. The fraction of sp³-hybridized carbons (Fsp3) is 0.357. The van der Waals surface area contributed by atoms with Crippen molar-refractivity contribution in [2.24, 2.45) is 0 Å². The van der Waals surface area contributed by atoms with Crippen molar-refractivity contribution in [1.29, 1.82) is 0 Å². The lowest BCUT2D eigenvalue weighted by Crippen LogP contribution is -2.47. The Hall–Kier alpha value is -1.99. The van der Waals surface area contributed by atoms with E-state index in [1.165, 1.54) is 6.07 Å². The molecule has 0 bridgehead atoms. The molecule has 1 atom stereocenters. The van der Waals surface area contributed by atoms with Crippen molar-refractivity contribution < 1.29 is 14.3 Å². The minimum atomic E-state index is -0.957. The van der Waals surface area contributed by atoms with Crippen LogP contribution in [0, 0.1) is 12.7 Å². The standard InChI is InChI=1S/C14H14ClFN4O2/c1-8-17-18-12-7-19(11(14(21)22)6-20(8)12)5-9-3-2-4-10(15)13(9)16/h2-4,11H,5-7H2,1H3,(H,21,22). The summed E-state index contributed by atoms with van der Waals surface area (Å²) in [5.74, 6) is -0.120. The number of rotatable bonds is 3. The monoisotopic (exact) mass is 324 g/mol. The van der Waals surface area contributed by atoms with Gasteiger partial charge in [-0.1, -0.05) is 23.7 Å². The van der Waals surface area contributed by atoms with Gasteiger partial charge in [0.2, 0.25) is 0 Å². The molecule has 116 valence electrons. The molecule has 6 nitrogen and oxygen atoms in total. The predicted molar refractivity (Wildman–Crippen MR) is 76.8 cm³/mol. The lowest BCUT2D eigenvalue weighted by atomic mass is 10.1. The first kappa shape index (κ1) is 14.9. The molecular formula is C14H14ClFN4O2. The van der Waals surface area contributed by atoms with E-state index in [9.17, 15) is 14.3 Å². The third kappa shape index (κ3) is 2.57. The van der Waals surface area contributed by atoms with Gasteiger partial charge in [-0.05, 0) is 13.0 Å². The molecule has 0 spiro atoms. The van der Waals surface area contributed by atoms with Crippen LogP contribution in [0.5, 0.6) is 0 Å². The van der Waals surface area contributed by atoms with Gasteiger partial charge < -0.3 is 9.67 Å². The van der Waals surface area contributed by atoms with Gasteiger partial charge in [0.15, 0.2) is 0 Å². The Labute approximate surface area is 131 Å². The molecule has 0 aliphatic carbocycles. The highest BCUT2D eigenvalue weighted by Crippen LogP contribution is 2.24. The molecule has 0 radical (unpaired) electrons. The average Bonchev–Trinajstić information content (AvgIpc) is 2.84. The van der Waals surface area contributed by atoms with Gasteiger partial charge in [0.25, 0.3) is 0 Å². The van der Waals surface area contributed by atoms with E-state index < -0.39 is 17.8 Å². The van der Waals surface area contributed by atoms with Gasteiger partial charge in [0, 0.05) is 12.1 Å². The van der Waals surface area contributed by atoms with Gasteiger partial charge in [-0.2, -0.15) is 0 Å². The molecule has 0 saturated carbocycles. The van der Waals surface area contributed by atoms with Gasteiger partial charge in [-0.3, -0.25) is 9.69 Å². The molecule has 0 saturated heterocycles. The maximum Gasteiger partial charge on any atom is 0.322 e. The van der Waals surface area contributed by atoms with E-state index in [2.05, 4.69) is 10.2 Å². The number of hydrogen-bond acceptors (Lipinski definition) is 4. The normalized spacial score (nSPS) is 18.2. The smallest absolute Gasteiger partial charge is 0.322 e. The van der Waals surface area contributed by atoms with Crippen molar-refractivity contribution in [1.82, 2.24) is 19.7 Å². The Balaban J connectivity index is 1.91. The molecule has 8 heteroatoms. The first-order valence-electron chi connectivity index (χ1n) is 6.76. The summed E-state index contributed by atoms with van der Waals surface area (Å²) in [5, 5.41) is 17.5. The fourth-order valence-corrected chi connectivity index (χ4v) is 2.84. The molecule has 2 aromatic rings. The molecule has 1 aromatic heterocycles. The van der Waals surface area contributed by atoms with Crippen LogP contribution in [-0.2, 0) is 24.4 Å². The number of fused-ring (bicyclic) bond motifs is 1. The Bertz CT molecular complexity index is 734. The topological polar surface area (TPSA) is 71.2 Å². The van der Waals surface area contributed by atoms with Gasteiger partial charge in [0.1, 0.15) is 23.5 Å². The average molecular weight is 325 g/mol. The van der Waals surface area contributed by atoms with E-state index in [-0.39, 0.29) is 18.1 Å². The largest absolute Gasteiger partial charge is 0.480 e. The molecule has 1 N–H and O–H groups in total. The van der Waals surface area contributed by atoms with Crippen LogP contribution in [0.15, 0.2) is 18.2 Å². The quantitative estimate of drug-likeness (QED) is 0.933. The minimum Gasteiger partial charge on any atom is -0.480 e. The zero-order valence-electron chi connectivity index (χ0n) is 11.8. The molecule has 1 aromatic carbocycles. The highest BCUT2D eigenvalue weighted by molar-refractivity contribution is 6.30. The number of aromatic nitrogens is 3. The van der Waals surface area contributed by atoms with E-state index in [4.69, 9.17) is 11.6 Å². The summed E-state index contributed by atoms with van der Waals surface area (Å²) >= 11 is 5.78. The molecule has 3 rings (SSSR count). The Morgan fingerprint density at radius 1 is 1.50 bits per heavy atom. The van der Waals surface area contributed by atoms with Crippen LogP contribution in [0.3, 0.4) is 0 Å². The third-order valence-electron chi connectivity index (χ3n) is 3.84. The second kappa shape index (κ2) is 5.66. The van der Waals surface area contributed by atoms with Crippen LogP contribution in [0.2, 0.25) is 5.02 Å². The molecule has 1 aliphatic heterocycles. The zero-order chi connectivity index (χ0) is 15.9. The SMILES string of the molecule is Cc1nnc2n1CC(C(=O)O)N(Cc1cccc(Cl)c1F)C2. The van der Waals surface area contributed by atoms with Crippen LogP contribution in [-0.4, -0.2) is 36.8 Å². The summed E-state index contributed by atoms with van der Waals surface area (Å²) in [6.45, 7) is 2.46. The van der Waals surface area contributed by atoms with Gasteiger partial charge in [-0.15, -0.1) is 10.2 Å². The highest BCUT2D eigenvalue weighted by Gasteiger charge is 2.33. The number of aliphatic carboxylic acids is 1. The van der Waals surface area contributed by atoms with Crippen LogP contribution < -0.4 is 0 Å². The predicted octanol–water partition coefficient (Wildman–Crippen LogP) is 1.85. The van der Waals surface area contributed by atoms with Gasteiger partial charge in [0.05, 0.1) is 18.1 Å². The molecule has 1 aliphatic rings. The summed E-state index contributed by atoms with van der Waals surface area (Å²) in [4.78, 5) is 13.2. The number of halogens is 2. The van der Waals surface area contributed by atoms with E-state index in [0.717, 1.165) is 0 Å². The first-order valence-corrected chi connectivity index (χ1v) is 7.13. The van der Waals surface area contributed by atoms with E-state index in [0.29, 0.717) is 23.8 Å². The molecular weight excluding hydrogens is 311 g/mol. The molecule has 2 heterocycles. The molecule has 0 fully saturated rings.